The van der Waals surface area contributed by atoms with E-state index in [1.807, 2.05) is 51.9 Å². The Morgan fingerprint density at radius 3 is 2.28 bits per heavy atom. The molecule has 0 unspecified atom stereocenters. The van der Waals surface area contributed by atoms with Gasteiger partial charge in [-0.2, -0.15) is 0 Å². The Bertz CT molecular complexity index is 626. The van der Waals surface area contributed by atoms with Crippen LogP contribution < -0.4 is 15.5 Å². The van der Waals surface area contributed by atoms with Gasteiger partial charge in [0.15, 0.2) is 0 Å². The normalized spacial score (nSPS) is 15.6. The molecule has 0 saturated heterocycles. The van der Waals surface area contributed by atoms with Crippen LogP contribution in [0.5, 0.6) is 0 Å². The smallest absolute Gasteiger partial charge is 0.253 e. The Labute approximate surface area is 151 Å². The molecule has 1 aromatic rings. The fraction of sp³-hybridized carbons (Fsp3) is 0.600. The molecule has 2 N–H and O–H groups in total. The summed E-state index contributed by atoms with van der Waals surface area (Å²) in [6.45, 7) is 5.60. The molecular weight excluding hydrogens is 314 g/mol. The maximum absolute atomic E-state index is 12.8. The first kappa shape index (κ1) is 19.3. The molecule has 138 valence electrons. The van der Waals surface area contributed by atoms with E-state index in [0.29, 0.717) is 11.3 Å². The summed E-state index contributed by atoms with van der Waals surface area (Å²) in [6, 6.07) is 5.76. The number of nitrogens with one attached hydrogen (secondary N) is 2. The van der Waals surface area contributed by atoms with Gasteiger partial charge in [0.2, 0.25) is 5.91 Å². The van der Waals surface area contributed by atoms with Crippen LogP contribution in [0.15, 0.2) is 18.2 Å². The van der Waals surface area contributed by atoms with E-state index in [4.69, 9.17) is 0 Å². The van der Waals surface area contributed by atoms with Crippen LogP contribution in [0.2, 0.25) is 0 Å². The molecule has 0 radical (unpaired) electrons. The van der Waals surface area contributed by atoms with Gasteiger partial charge in [0.1, 0.15) is 0 Å². The number of anilines is 2. The lowest BCUT2D eigenvalue weighted by molar-refractivity contribution is -0.123. The third-order valence-electron chi connectivity index (χ3n) is 4.60. The predicted octanol–water partition coefficient (Wildman–Crippen LogP) is 3.80. The van der Waals surface area contributed by atoms with E-state index in [2.05, 4.69) is 10.6 Å². The summed E-state index contributed by atoms with van der Waals surface area (Å²) >= 11 is 0. The van der Waals surface area contributed by atoms with Crippen LogP contribution in [-0.4, -0.2) is 32.0 Å². The molecule has 2 rings (SSSR count). The molecule has 1 saturated carbocycles. The first-order valence-electron chi connectivity index (χ1n) is 9.12. The molecule has 5 nitrogen and oxygen atoms in total. The van der Waals surface area contributed by atoms with E-state index < -0.39 is 5.41 Å². The van der Waals surface area contributed by atoms with Gasteiger partial charge in [0, 0.05) is 36.9 Å². The van der Waals surface area contributed by atoms with Crippen LogP contribution in [0.25, 0.3) is 0 Å². The molecule has 0 aromatic heterocycles. The molecule has 0 heterocycles. The lowest BCUT2D eigenvalue weighted by Gasteiger charge is -2.25. The molecule has 1 aliphatic carbocycles. The number of amides is 2. The minimum Gasteiger partial charge on any atom is -0.377 e. The average molecular weight is 345 g/mol. The quantitative estimate of drug-likeness (QED) is 0.872. The van der Waals surface area contributed by atoms with Gasteiger partial charge in [-0.25, -0.2) is 0 Å². The molecule has 1 aliphatic rings. The largest absolute Gasteiger partial charge is 0.377 e. The SMILES string of the molecule is CN(C)c1ccc(NC(=O)C(C)(C)C)cc1C(=O)NC1CCCCC1. The zero-order chi connectivity index (χ0) is 18.6. The number of carbonyl (C=O) groups excluding carboxylic acids is 2. The molecule has 5 heteroatoms. The fourth-order valence-electron chi connectivity index (χ4n) is 3.01. The second-order valence-corrected chi connectivity index (χ2v) is 8.14. The van der Waals surface area contributed by atoms with E-state index in [9.17, 15) is 9.59 Å². The number of hydrogen-bond donors (Lipinski definition) is 2. The highest BCUT2D eigenvalue weighted by molar-refractivity contribution is 6.02. The summed E-state index contributed by atoms with van der Waals surface area (Å²) in [4.78, 5) is 27.0. The summed E-state index contributed by atoms with van der Waals surface area (Å²) < 4.78 is 0. The lowest BCUT2D eigenvalue weighted by atomic mass is 9.95. The van der Waals surface area contributed by atoms with Gasteiger partial charge in [-0.1, -0.05) is 40.0 Å². The van der Waals surface area contributed by atoms with E-state index in [-0.39, 0.29) is 17.9 Å². The molecule has 0 atom stereocenters. The van der Waals surface area contributed by atoms with Crippen molar-refractivity contribution < 1.29 is 9.59 Å². The predicted molar refractivity (Wildman–Crippen MR) is 103 cm³/mol. The lowest BCUT2D eigenvalue weighted by Crippen LogP contribution is -2.37. The van der Waals surface area contributed by atoms with Crippen LogP contribution in [0.3, 0.4) is 0 Å². The topological polar surface area (TPSA) is 61.4 Å². The maximum atomic E-state index is 12.8. The number of benzene rings is 1. The standard InChI is InChI=1S/C20H31N3O2/c1-20(2,3)19(25)22-15-11-12-17(23(4)5)16(13-15)18(24)21-14-9-7-6-8-10-14/h11-14H,6-10H2,1-5H3,(H,21,24)(H,22,25). The summed E-state index contributed by atoms with van der Waals surface area (Å²) in [5, 5.41) is 6.07. The Balaban J connectivity index is 2.22. The van der Waals surface area contributed by atoms with E-state index in [1.54, 1.807) is 6.07 Å². The average Bonchev–Trinajstić information content (AvgIpc) is 2.54. The first-order valence-corrected chi connectivity index (χ1v) is 9.12. The van der Waals surface area contributed by atoms with Gasteiger partial charge < -0.3 is 15.5 Å². The Hall–Kier alpha value is -2.04. The van der Waals surface area contributed by atoms with Crippen molar-refractivity contribution in [2.45, 2.75) is 58.9 Å². The number of rotatable bonds is 4. The van der Waals surface area contributed by atoms with Crippen molar-refractivity contribution in [1.82, 2.24) is 5.32 Å². The van der Waals surface area contributed by atoms with Crippen molar-refractivity contribution in [1.29, 1.82) is 0 Å². The van der Waals surface area contributed by atoms with Crippen LogP contribution in [-0.2, 0) is 4.79 Å². The Morgan fingerprint density at radius 2 is 1.72 bits per heavy atom. The molecule has 1 aromatic carbocycles. The molecule has 2 amide bonds. The Morgan fingerprint density at radius 1 is 1.08 bits per heavy atom. The van der Waals surface area contributed by atoms with Crippen LogP contribution in [0, 0.1) is 5.41 Å². The van der Waals surface area contributed by atoms with Gasteiger partial charge in [-0.05, 0) is 31.0 Å². The maximum Gasteiger partial charge on any atom is 0.253 e. The molecule has 0 spiro atoms. The van der Waals surface area contributed by atoms with Gasteiger partial charge >= 0.3 is 0 Å². The molecular formula is C20H31N3O2. The van der Waals surface area contributed by atoms with Crippen molar-refractivity contribution in [3.63, 3.8) is 0 Å². The highest BCUT2D eigenvalue weighted by Gasteiger charge is 2.23. The summed E-state index contributed by atoms with van der Waals surface area (Å²) in [6.07, 6.45) is 5.69. The zero-order valence-corrected chi connectivity index (χ0v) is 16.1. The van der Waals surface area contributed by atoms with Crippen LogP contribution >= 0.6 is 0 Å². The molecule has 0 bridgehead atoms. The van der Waals surface area contributed by atoms with Crippen molar-refractivity contribution in [3.05, 3.63) is 23.8 Å². The second kappa shape index (κ2) is 7.89. The fourth-order valence-corrected chi connectivity index (χ4v) is 3.01. The number of nitrogens with zero attached hydrogens (tertiary/aromatic N) is 1. The molecule has 0 aliphatic heterocycles. The van der Waals surface area contributed by atoms with E-state index in [0.717, 1.165) is 18.5 Å². The van der Waals surface area contributed by atoms with Gasteiger partial charge in [0.05, 0.1) is 5.56 Å². The van der Waals surface area contributed by atoms with Crippen molar-refractivity contribution in [2.75, 3.05) is 24.3 Å². The summed E-state index contributed by atoms with van der Waals surface area (Å²) in [5.74, 6) is -0.133. The van der Waals surface area contributed by atoms with Crippen molar-refractivity contribution in [2.24, 2.45) is 5.41 Å². The number of hydrogen-bond acceptors (Lipinski definition) is 3. The van der Waals surface area contributed by atoms with E-state index in [1.165, 1.54) is 19.3 Å². The molecule has 1 fully saturated rings. The third-order valence-corrected chi connectivity index (χ3v) is 4.60. The highest BCUT2D eigenvalue weighted by atomic mass is 16.2. The van der Waals surface area contributed by atoms with Gasteiger partial charge in [0.25, 0.3) is 5.91 Å². The number of carbonyl (C=O) groups is 2. The summed E-state index contributed by atoms with van der Waals surface area (Å²) in [5.41, 5.74) is 1.62. The first-order chi connectivity index (χ1) is 11.7. The zero-order valence-electron chi connectivity index (χ0n) is 16.1. The van der Waals surface area contributed by atoms with Crippen LogP contribution in [0.1, 0.15) is 63.2 Å². The summed E-state index contributed by atoms with van der Waals surface area (Å²) in [7, 11) is 3.83. The van der Waals surface area contributed by atoms with Crippen molar-refractivity contribution >= 4 is 23.2 Å². The second-order valence-electron chi connectivity index (χ2n) is 8.14. The van der Waals surface area contributed by atoms with E-state index >= 15 is 0 Å². The Kier molecular flexibility index (Phi) is 6.09. The minimum atomic E-state index is -0.481. The van der Waals surface area contributed by atoms with Gasteiger partial charge in [-0.3, -0.25) is 9.59 Å². The monoisotopic (exact) mass is 345 g/mol. The van der Waals surface area contributed by atoms with Crippen LogP contribution in [0.4, 0.5) is 11.4 Å². The minimum absolute atomic E-state index is 0.0660. The third kappa shape index (κ3) is 5.21. The highest BCUT2D eigenvalue weighted by Crippen LogP contribution is 2.26. The van der Waals surface area contributed by atoms with Gasteiger partial charge in [-0.15, -0.1) is 0 Å². The molecule has 25 heavy (non-hydrogen) atoms. The van der Waals surface area contributed by atoms with Crippen molar-refractivity contribution in [3.8, 4) is 0 Å².